The largest absolute Gasteiger partial charge is 0.371 e. The molecule has 10 heteroatoms. The third-order valence-electron chi connectivity index (χ3n) is 5.94. The number of piperidine rings is 1. The van der Waals surface area contributed by atoms with Gasteiger partial charge in [-0.25, -0.2) is 12.7 Å². The van der Waals surface area contributed by atoms with Gasteiger partial charge in [-0.2, -0.15) is 0 Å². The van der Waals surface area contributed by atoms with Crippen molar-refractivity contribution in [2.45, 2.75) is 37.0 Å². The van der Waals surface area contributed by atoms with Gasteiger partial charge in [-0.1, -0.05) is 29.3 Å². The molecule has 1 aromatic carbocycles. The van der Waals surface area contributed by atoms with Crippen molar-refractivity contribution in [1.29, 1.82) is 0 Å². The molecule has 0 spiro atoms. The number of carbonyl (C=O) groups is 1. The normalized spacial score (nSPS) is 15.1. The van der Waals surface area contributed by atoms with Gasteiger partial charge in [-0.15, -0.1) is 0 Å². The van der Waals surface area contributed by atoms with Crippen molar-refractivity contribution in [3.8, 4) is 0 Å². The molecule has 180 valence electrons. The SMILES string of the molecule is CN(CCCCC(=O)NCC1CCN(c2ccncc2)CC1)S(=O)(=O)c1c(Cl)cccc1Cl. The van der Waals surface area contributed by atoms with Crippen molar-refractivity contribution < 1.29 is 13.2 Å². The summed E-state index contributed by atoms with van der Waals surface area (Å²) >= 11 is 12.1. The van der Waals surface area contributed by atoms with Crippen molar-refractivity contribution in [2.75, 3.05) is 38.1 Å². The molecule has 1 aromatic heterocycles. The van der Waals surface area contributed by atoms with Crippen LogP contribution in [0, 0.1) is 5.92 Å². The Bertz CT molecular complexity index is 1010. The maximum Gasteiger partial charge on any atom is 0.245 e. The molecule has 33 heavy (non-hydrogen) atoms. The Morgan fingerprint density at radius 2 is 1.76 bits per heavy atom. The van der Waals surface area contributed by atoms with Crippen LogP contribution in [0.25, 0.3) is 0 Å². The zero-order chi connectivity index (χ0) is 23.8. The van der Waals surface area contributed by atoms with Crippen molar-refractivity contribution in [3.05, 3.63) is 52.8 Å². The lowest BCUT2D eigenvalue weighted by Crippen LogP contribution is -2.38. The third-order valence-corrected chi connectivity index (χ3v) is 8.76. The number of pyridine rings is 1. The van der Waals surface area contributed by atoms with Crippen molar-refractivity contribution in [1.82, 2.24) is 14.6 Å². The summed E-state index contributed by atoms with van der Waals surface area (Å²) in [5.74, 6) is 0.481. The molecule has 0 atom stereocenters. The number of hydrogen-bond acceptors (Lipinski definition) is 5. The van der Waals surface area contributed by atoms with E-state index in [-0.39, 0.29) is 27.4 Å². The molecule has 0 unspecified atom stereocenters. The number of halogens is 2. The van der Waals surface area contributed by atoms with E-state index in [0.717, 1.165) is 25.9 Å². The summed E-state index contributed by atoms with van der Waals surface area (Å²) in [6.07, 6.45) is 7.22. The van der Waals surface area contributed by atoms with Crippen LogP contribution in [0.15, 0.2) is 47.6 Å². The van der Waals surface area contributed by atoms with Gasteiger partial charge in [0.25, 0.3) is 0 Å². The molecule has 0 saturated carbocycles. The molecule has 0 bridgehead atoms. The van der Waals surface area contributed by atoms with E-state index >= 15 is 0 Å². The number of nitrogens with zero attached hydrogens (tertiary/aromatic N) is 3. The van der Waals surface area contributed by atoms with Crippen molar-refractivity contribution >= 4 is 44.8 Å². The van der Waals surface area contributed by atoms with Gasteiger partial charge in [0.05, 0.1) is 10.0 Å². The molecule has 0 aliphatic carbocycles. The summed E-state index contributed by atoms with van der Waals surface area (Å²) in [7, 11) is -2.30. The molecule has 3 rings (SSSR count). The molecule has 1 N–H and O–H groups in total. The molecule has 1 saturated heterocycles. The van der Waals surface area contributed by atoms with Crippen molar-refractivity contribution in [3.63, 3.8) is 0 Å². The number of nitrogens with one attached hydrogen (secondary N) is 1. The fourth-order valence-electron chi connectivity index (χ4n) is 3.92. The lowest BCUT2D eigenvalue weighted by atomic mass is 9.96. The molecule has 1 aliphatic rings. The topological polar surface area (TPSA) is 82.6 Å². The molecule has 2 aromatic rings. The Labute approximate surface area is 206 Å². The quantitative estimate of drug-likeness (QED) is 0.482. The summed E-state index contributed by atoms with van der Waals surface area (Å²) in [4.78, 5) is 18.6. The average molecular weight is 513 g/mol. The Morgan fingerprint density at radius 3 is 2.39 bits per heavy atom. The first kappa shape index (κ1) is 25.7. The molecule has 2 heterocycles. The summed E-state index contributed by atoms with van der Waals surface area (Å²) < 4.78 is 26.8. The van der Waals surface area contributed by atoms with Gasteiger partial charge in [0.2, 0.25) is 15.9 Å². The molecule has 0 radical (unpaired) electrons. The van der Waals surface area contributed by atoms with Gasteiger partial charge < -0.3 is 10.2 Å². The van der Waals surface area contributed by atoms with Crippen LogP contribution in [0.4, 0.5) is 5.69 Å². The molecule has 1 amide bonds. The van der Waals surface area contributed by atoms with Crippen LogP contribution in [-0.2, 0) is 14.8 Å². The minimum absolute atomic E-state index is 0.00576. The number of amides is 1. The predicted octanol–water partition coefficient (Wildman–Crippen LogP) is 4.21. The van der Waals surface area contributed by atoms with Gasteiger partial charge in [0.1, 0.15) is 4.90 Å². The molecular weight excluding hydrogens is 483 g/mol. The Morgan fingerprint density at radius 1 is 1.12 bits per heavy atom. The van der Waals surface area contributed by atoms with Crippen LogP contribution in [0.1, 0.15) is 32.1 Å². The zero-order valence-electron chi connectivity index (χ0n) is 18.7. The van der Waals surface area contributed by atoms with Crippen LogP contribution >= 0.6 is 23.2 Å². The van der Waals surface area contributed by atoms with E-state index in [9.17, 15) is 13.2 Å². The number of rotatable bonds is 10. The molecular formula is C23H30Cl2N4O3S. The van der Waals surface area contributed by atoms with E-state index in [1.165, 1.54) is 29.2 Å². The van der Waals surface area contributed by atoms with Crippen LogP contribution < -0.4 is 10.2 Å². The van der Waals surface area contributed by atoms with E-state index in [2.05, 4.69) is 15.2 Å². The first-order valence-electron chi connectivity index (χ1n) is 11.1. The number of sulfonamides is 1. The standard InChI is InChI=1S/C23H30Cl2N4O3S/c1-28(33(31,32)23-20(24)5-4-6-21(23)25)14-3-2-7-22(30)27-17-18-10-15-29(16-11-18)19-8-12-26-13-9-19/h4-6,8-9,12-13,18H,2-3,7,10-11,14-17H2,1H3,(H,27,30). The predicted molar refractivity (Wildman–Crippen MR) is 132 cm³/mol. The molecule has 1 aliphatic heterocycles. The summed E-state index contributed by atoms with van der Waals surface area (Å²) in [5.41, 5.74) is 1.19. The van der Waals surface area contributed by atoms with Gasteiger partial charge in [-0.3, -0.25) is 9.78 Å². The van der Waals surface area contributed by atoms with Crippen LogP contribution in [0.5, 0.6) is 0 Å². The minimum Gasteiger partial charge on any atom is -0.371 e. The number of benzene rings is 1. The van der Waals surface area contributed by atoms with Gasteiger partial charge in [-0.05, 0) is 55.9 Å². The maximum atomic E-state index is 12.8. The van der Waals surface area contributed by atoms with E-state index in [0.29, 0.717) is 31.7 Å². The van der Waals surface area contributed by atoms with Crippen LogP contribution in [0.3, 0.4) is 0 Å². The average Bonchev–Trinajstić information content (AvgIpc) is 2.81. The number of carbonyl (C=O) groups excluding carboxylic acids is 1. The minimum atomic E-state index is -3.79. The first-order chi connectivity index (χ1) is 15.8. The monoisotopic (exact) mass is 512 g/mol. The van der Waals surface area contributed by atoms with E-state index < -0.39 is 10.0 Å². The Hall–Kier alpha value is -1.87. The highest BCUT2D eigenvalue weighted by molar-refractivity contribution is 7.89. The number of unbranched alkanes of at least 4 members (excludes halogenated alkanes) is 1. The second kappa shape index (κ2) is 12.0. The molecule has 7 nitrogen and oxygen atoms in total. The Balaban J connectivity index is 1.34. The number of aromatic nitrogens is 1. The lowest BCUT2D eigenvalue weighted by Gasteiger charge is -2.33. The summed E-state index contributed by atoms with van der Waals surface area (Å²) in [6, 6.07) is 8.65. The fourth-order valence-corrected chi connectivity index (χ4v) is 6.21. The highest BCUT2D eigenvalue weighted by Crippen LogP contribution is 2.31. The van der Waals surface area contributed by atoms with Gasteiger partial charge in [0.15, 0.2) is 0 Å². The number of anilines is 1. The highest BCUT2D eigenvalue weighted by atomic mass is 35.5. The lowest BCUT2D eigenvalue weighted by molar-refractivity contribution is -0.121. The smallest absolute Gasteiger partial charge is 0.245 e. The third kappa shape index (κ3) is 7.06. The zero-order valence-corrected chi connectivity index (χ0v) is 21.0. The fraction of sp³-hybridized carbons (Fsp3) is 0.478. The van der Waals surface area contributed by atoms with E-state index in [1.54, 1.807) is 18.5 Å². The van der Waals surface area contributed by atoms with Gasteiger partial charge in [0, 0.05) is 57.7 Å². The van der Waals surface area contributed by atoms with Crippen LogP contribution in [0.2, 0.25) is 10.0 Å². The van der Waals surface area contributed by atoms with Crippen molar-refractivity contribution in [2.24, 2.45) is 5.92 Å². The second-order valence-corrected chi connectivity index (χ2v) is 11.1. The highest BCUT2D eigenvalue weighted by Gasteiger charge is 2.26. The van der Waals surface area contributed by atoms with E-state index in [4.69, 9.17) is 23.2 Å². The first-order valence-corrected chi connectivity index (χ1v) is 13.3. The van der Waals surface area contributed by atoms with E-state index in [1.807, 2.05) is 12.1 Å². The maximum absolute atomic E-state index is 12.8. The molecule has 1 fully saturated rings. The van der Waals surface area contributed by atoms with Crippen LogP contribution in [-0.4, -0.2) is 56.8 Å². The Kier molecular flexibility index (Phi) is 9.37. The summed E-state index contributed by atoms with van der Waals surface area (Å²) in [6.45, 7) is 2.91. The van der Waals surface area contributed by atoms with Gasteiger partial charge >= 0.3 is 0 Å². The number of hydrogen-bond donors (Lipinski definition) is 1. The second-order valence-electron chi connectivity index (χ2n) is 8.27. The summed E-state index contributed by atoms with van der Waals surface area (Å²) in [5, 5.41) is 3.23.